The van der Waals surface area contributed by atoms with E-state index in [1.807, 2.05) is 49.4 Å². The largest absolute Gasteiger partial charge is 0.496 e. The zero-order chi connectivity index (χ0) is 22.8. The number of hydrogen-bond acceptors (Lipinski definition) is 7. The number of primary amides is 1. The monoisotopic (exact) mass is 435 g/mol. The second kappa shape index (κ2) is 8.62. The number of rotatable bonds is 7. The summed E-state index contributed by atoms with van der Waals surface area (Å²) < 4.78 is 18.3. The van der Waals surface area contributed by atoms with Gasteiger partial charge in [-0.15, -0.1) is 5.10 Å². The number of carbonyl (C=O) groups excluding carboxylic acids is 1. The first-order chi connectivity index (χ1) is 15.5. The van der Waals surface area contributed by atoms with Crippen molar-refractivity contribution in [3.8, 4) is 28.6 Å². The van der Waals surface area contributed by atoms with E-state index in [0.717, 1.165) is 11.1 Å². The minimum atomic E-state index is -0.593. The average molecular weight is 435 g/mol. The van der Waals surface area contributed by atoms with Gasteiger partial charge in [0.2, 0.25) is 11.9 Å². The maximum Gasteiger partial charge on any atom is 0.248 e. The lowest BCUT2D eigenvalue weighted by atomic mass is 9.95. The molecule has 0 saturated heterocycles. The fraction of sp³-hybridized carbons (Fsp3) is 0.261. The van der Waals surface area contributed by atoms with Crippen molar-refractivity contribution < 1.29 is 19.0 Å². The van der Waals surface area contributed by atoms with Crippen LogP contribution >= 0.6 is 0 Å². The molecule has 0 saturated carbocycles. The molecule has 1 unspecified atom stereocenters. The number of benzene rings is 2. The Hall–Kier alpha value is -4.01. The molecule has 1 amide bonds. The van der Waals surface area contributed by atoms with Crippen LogP contribution in [0.2, 0.25) is 0 Å². The summed E-state index contributed by atoms with van der Waals surface area (Å²) in [4.78, 5) is 17.1. The number of aromatic nitrogens is 3. The molecule has 32 heavy (non-hydrogen) atoms. The highest BCUT2D eigenvalue weighted by Gasteiger charge is 2.34. The van der Waals surface area contributed by atoms with Gasteiger partial charge in [-0.2, -0.15) is 4.98 Å². The van der Waals surface area contributed by atoms with Crippen LogP contribution in [0.5, 0.6) is 17.2 Å². The van der Waals surface area contributed by atoms with Gasteiger partial charge in [0.1, 0.15) is 11.8 Å². The molecule has 1 aliphatic rings. The number of methoxy groups -OCH3 is 2. The van der Waals surface area contributed by atoms with Crippen LogP contribution in [0.4, 0.5) is 5.95 Å². The number of para-hydroxylation sites is 1. The predicted octanol–water partition coefficient (Wildman–Crippen LogP) is 3.14. The highest BCUT2D eigenvalue weighted by molar-refractivity contribution is 5.95. The Bertz CT molecular complexity index is 1200. The summed E-state index contributed by atoms with van der Waals surface area (Å²) in [7, 11) is 3.17. The van der Waals surface area contributed by atoms with E-state index in [-0.39, 0.29) is 0 Å². The molecule has 0 radical (unpaired) electrons. The number of fused-ring (bicyclic) bond motifs is 1. The number of nitrogens with two attached hydrogens (primary N) is 1. The number of ether oxygens (including phenoxy) is 3. The van der Waals surface area contributed by atoms with Crippen LogP contribution in [0, 0.1) is 0 Å². The summed E-state index contributed by atoms with van der Waals surface area (Å²) in [6.07, 6.45) is 0. The van der Waals surface area contributed by atoms with E-state index < -0.39 is 11.9 Å². The zero-order valence-corrected chi connectivity index (χ0v) is 18.4. The van der Waals surface area contributed by atoms with E-state index >= 15 is 0 Å². The number of anilines is 1. The summed E-state index contributed by atoms with van der Waals surface area (Å²) in [6, 6.07) is 12.4. The first-order valence-electron chi connectivity index (χ1n) is 10.2. The van der Waals surface area contributed by atoms with E-state index in [1.54, 1.807) is 25.8 Å². The van der Waals surface area contributed by atoms with Gasteiger partial charge >= 0.3 is 0 Å². The summed E-state index contributed by atoms with van der Waals surface area (Å²) in [5, 5.41) is 7.87. The summed E-state index contributed by atoms with van der Waals surface area (Å²) in [6.45, 7) is 4.20. The number of nitrogens with one attached hydrogen (secondary N) is 1. The molecular formula is C23H25N5O4. The van der Waals surface area contributed by atoms with Gasteiger partial charge < -0.3 is 25.3 Å². The highest BCUT2D eigenvalue weighted by Crippen LogP contribution is 2.40. The van der Waals surface area contributed by atoms with E-state index in [2.05, 4.69) is 10.3 Å². The lowest BCUT2D eigenvalue weighted by molar-refractivity contribution is -0.115. The highest BCUT2D eigenvalue weighted by atomic mass is 16.5. The smallest absolute Gasteiger partial charge is 0.248 e. The molecule has 1 aromatic heterocycles. The lowest BCUT2D eigenvalue weighted by Crippen LogP contribution is -2.31. The van der Waals surface area contributed by atoms with Gasteiger partial charge in [-0.1, -0.05) is 18.2 Å². The molecule has 0 spiro atoms. The van der Waals surface area contributed by atoms with Crippen LogP contribution in [0.1, 0.15) is 25.5 Å². The Balaban J connectivity index is 1.88. The number of allylic oxidation sites excluding steroid dienone is 1. The molecule has 9 nitrogen and oxygen atoms in total. The van der Waals surface area contributed by atoms with Crippen molar-refractivity contribution in [2.75, 3.05) is 26.1 Å². The Morgan fingerprint density at radius 2 is 1.88 bits per heavy atom. The van der Waals surface area contributed by atoms with Crippen LogP contribution in [-0.4, -0.2) is 41.5 Å². The molecule has 0 aliphatic carbocycles. The molecule has 3 aromatic rings. The molecule has 166 valence electrons. The van der Waals surface area contributed by atoms with Crippen molar-refractivity contribution in [2.24, 2.45) is 5.73 Å². The molecule has 2 heterocycles. The summed E-state index contributed by atoms with van der Waals surface area (Å²) in [5.41, 5.74) is 8.28. The third-order valence-electron chi connectivity index (χ3n) is 5.27. The third-order valence-corrected chi connectivity index (χ3v) is 5.27. The van der Waals surface area contributed by atoms with Gasteiger partial charge in [-0.05, 0) is 43.7 Å². The van der Waals surface area contributed by atoms with Gasteiger partial charge in [0, 0.05) is 5.70 Å². The molecule has 0 fully saturated rings. The van der Waals surface area contributed by atoms with Gasteiger partial charge in [0.15, 0.2) is 17.3 Å². The Morgan fingerprint density at radius 1 is 1.12 bits per heavy atom. The van der Waals surface area contributed by atoms with Gasteiger partial charge in [0.05, 0.1) is 32.0 Å². The van der Waals surface area contributed by atoms with Crippen molar-refractivity contribution in [1.29, 1.82) is 0 Å². The fourth-order valence-corrected chi connectivity index (χ4v) is 3.85. The normalized spacial score (nSPS) is 15.1. The molecule has 4 rings (SSSR count). The molecule has 1 aliphatic heterocycles. The van der Waals surface area contributed by atoms with Crippen LogP contribution in [0.3, 0.4) is 0 Å². The quantitative estimate of drug-likeness (QED) is 0.586. The lowest BCUT2D eigenvalue weighted by Gasteiger charge is -2.28. The van der Waals surface area contributed by atoms with E-state index in [4.69, 9.17) is 25.0 Å². The number of hydrogen-bond donors (Lipinski definition) is 2. The Labute approximate surface area is 185 Å². The maximum atomic E-state index is 12.4. The number of amides is 1. The third kappa shape index (κ3) is 3.62. The molecule has 2 aromatic carbocycles. The second-order valence-electron chi connectivity index (χ2n) is 7.18. The van der Waals surface area contributed by atoms with E-state index in [9.17, 15) is 4.79 Å². The van der Waals surface area contributed by atoms with E-state index in [1.165, 1.54) is 0 Å². The molecule has 3 N–H and O–H groups in total. The SMILES string of the molecule is CCOc1ccc(C2C(C(N)=O)=C(C)Nc3nc(-c4ccccc4OC)nn32)cc1OC. The van der Waals surface area contributed by atoms with Crippen molar-refractivity contribution in [1.82, 2.24) is 14.8 Å². The van der Waals surface area contributed by atoms with Crippen molar-refractivity contribution in [3.63, 3.8) is 0 Å². The average Bonchev–Trinajstić information content (AvgIpc) is 3.21. The van der Waals surface area contributed by atoms with Crippen LogP contribution in [0.25, 0.3) is 11.4 Å². The van der Waals surface area contributed by atoms with Crippen molar-refractivity contribution >= 4 is 11.9 Å². The topological polar surface area (TPSA) is 114 Å². The second-order valence-corrected chi connectivity index (χ2v) is 7.18. The first-order valence-corrected chi connectivity index (χ1v) is 10.2. The Kier molecular flexibility index (Phi) is 5.72. The van der Waals surface area contributed by atoms with Crippen molar-refractivity contribution in [2.45, 2.75) is 19.9 Å². The molecule has 9 heteroatoms. The Morgan fingerprint density at radius 3 is 2.56 bits per heavy atom. The van der Waals surface area contributed by atoms with E-state index in [0.29, 0.717) is 46.9 Å². The minimum Gasteiger partial charge on any atom is -0.496 e. The number of carbonyl (C=O) groups is 1. The fourth-order valence-electron chi connectivity index (χ4n) is 3.85. The number of nitrogens with zero attached hydrogens (tertiary/aromatic N) is 3. The molecule has 0 bridgehead atoms. The van der Waals surface area contributed by atoms with Crippen LogP contribution < -0.4 is 25.3 Å². The van der Waals surface area contributed by atoms with Crippen molar-refractivity contribution in [3.05, 3.63) is 59.3 Å². The molecular weight excluding hydrogens is 410 g/mol. The predicted molar refractivity (Wildman–Crippen MR) is 120 cm³/mol. The van der Waals surface area contributed by atoms with Gasteiger partial charge in [-0.25, -0.2) is 4.68 Å². The van der Waals surface area contributed by atoms with Crippen LogP contribution in [0.15, 0.2) is 53.7 Å². The maximum absolute atomic E-state index is 12.4. The van der Waals surface area contributed by atoms with Gasteiger partial charge in [0.25, 0.3) is 0 Å². The standard InChI is InChI=1S/C23H25N5O4/c1-5-32-17-11-10-14(12-18(17)31-4)20-19(21(24)29)13(2)25-23-26-22(27-28(20)23)15-8-6-7-9-16(15)30-3/h6-12,20H,5H2,1-4H3,(H2,24,29)(H,25,26,27). The first kappa shape index (κ1) is 21.2. The van der Waals surface area contributed by atoms with Gasteiger partial charge in [-0.3, -0.25) is 4.79 Å². The summed E-state index contributed by atoms with van der Waals surface area (Å²) in [5.74, 6) is 2.22. The summed E-state index contributed by atoms with van der Waals surface area (Å²) >= 11 is 0. The molecule has 1 atom stereocenters. The van der Waals surface area contributed by atoms with Crippen LogP contribution in [-0.2, 0) is 4.79 Å². The zero-order valence-electron chi connectivity index (χ0n) is 18.4. The minimum absolute atomic E-state index is 0.389.